The van der Waals surface area contributed by atoms with E-state index in [0.717, 1.165) is 33.3 Å². The molecule has 160 valence electrons. The number of aromatic amines is 1. The molecule has 0 aliphatic carbocycles. The lowest BCUT2D eigenvalue weighted by Crippen LogP contribution is -2.37. The molecule has 0 atom stereocenters. The highest BCUT2D eigenvalue weighted by Gasteiger charge is 2.22. The number of carbonyl (C=O) groups is 2. The number of fused-ring (bicyclic) bond motifs is 1. The van der Waals surface area contributed by atoms with Crippen molar-refractivity contribution in [2.45, 2.75) is 12.8 Å². The molecule has 0 aliphatic heterocycles. The van der Waals surface area contributed by atoms with E-state index in [-0.39, 0.29) is 12.5 Å². The second kappa shape index (κ2) is 9.75. The van der Waals surface area contributed by atoms with Gasteiger partial charge in [-0.15, -0.1) is 0 Å². The molecule has 0 spiro atoms. The fourth-order valence-electron chi connectivity index (χ4n) is 3.73. The van der Waals surface area contributed by atoms with Gasteiger partial charge in [-0.05, 0) is 24.1 Å². The number of benzene rings is 3. The van der Waals surface area contributed by atoms with Crippen LogP contribution in [0.25, 0.3) is 10.9 Å². The maximum atomic E-state index is 13.0. The van der Waals surface area contributed by atoms with E-state index in [1.807, 2.05) is 91.9 Å². The quantitative estimate of drug-likeness (QED) is 0.311. The Morgan fingerprint density at radius 1 is 0.906 bits per heavy atom. The van der Waals surface area contributed by atoms with E-state index in [1.165, 1.54) is 0 Å². The normalized spacial score (nSPS) is 11.2. The lowest BCUT2D eigenvalue weighted by Gasteiger charge is -2.17. The molecule has 0 saturated heterocycles. The largest absolute Gasteiger partial charge is 0.358 e. The molecule has 6 heteroatoms. The molecule has 3 N–H and O–H groups in total. The molecular formula is C26H24N4O2. The Morgan fingerprint density at radius 2 is 1.50 bits per heavy atom. The summed E-state index contributed by atoms with van der Waals surface area (Å²) in [4.78, 5) is 28.5. The van der Waals surface area contributed by atoms with Crippen molar-refractivity contribution < 1.29 is 9.59 Å². The minimum absolute atomic E-state index is 0.167. The molecule has 4 aromatic rings. The highest BCUT2D eigenvalue weighted by molar-refractivity contribution is 6.01. The molecule has 1 aromatic heterocycles. The van der Waals surface area contributed by atoms with E-state index in [9.17, 15) is 9.59 Å². The maximum Gasteiger partial charge on any atom is 0.259 e. The predicted molar refractivity (Wildman–Crippen MR) is 127 cm³/mol. The third-order valence-corrected chi connectivity index (χ3v) is 5.28. The zero-order chi connectivity index (χ0) is 22.3. The fourth-order valence-corrected chi connectivity index (χ4v) is 3.73. The van der Waals surface area contributed by atoms with Crippen molar-refractivity contribution in [2.24, 2.45) is 5.10 Å². The Balaban J connectivity index is 1.39. The highest BCUT2D eigenvalue weighted by atomic mass is 16.2. The van der Waals surface area contributed by atoms with Crippen LogP contribution in [0.3, 0.4) is 0 Å². The van der Waals surface area contributed by atoms with Gasteiger partial charge in [-0.25, -0.2) is 5.43 Å². The number of hydrazone groups is 1. The first kappa shape index (κ1) is 21.1. The molecule has 0 fully saturated rings. The van der Waals surface area contributed by atoms with Gasteiger partial charge in [0, 0.05) is 22.2 Å². The zero-order valence-electron chi connectivity index (χ0n) is 17.7. The molecule has 6 nitrogen and oxygen atoms in total. The number of nitrogens with one attached hydrogen (secondary N) is 3. The van der Waals surface area contributed by atoms with Crippen molar-refractivity contribution in [3.63, 3.8) is 0 Å². The minimum Gasteiger partial charge on any atom is -0.358 e. The van der Waals surface area contributed by atoms with Gasteiger partial charge in [0.1, 0.15) is 0 Å². The van der Waals surface area contributed by atoms with E-state index in [0.29, 0.717) is 0 Å². The van der Waals surface area contributed by atoms with Gasteiger partial charge in [0.25, 0.3) is 5.91 Å². The first-order chi connectivity index (χ1) is 15.6. The van der Waals surface area contributed by atoms with Gasteiger partial charge >= 0.3 is 0 Å². The zero-order valence-corrected chi connectivity index (χ0v) is 17.7. The van der Waals surface area contributed by atoms with Crippen LogP contribution in [0.15, 0.2) is 90.0 Å². The molecular weight excluding hydrogens is 400 g/mol. The molecule has 0 bridgehead atoms. The van der Waals surface area contributed by atoms with Gasteiger partial charge < -0.3 is 10.3 Å². The maximum absolute atomic E-state index is 13.0. The van der Waals surface area contributed by atoms with Gasteiger partial charge in [0.15, 0.2) is 0 Å². The second-order valence-electron chi connectivity index (χ2n) is 7.47. The molecule has 0 aliphatic rings. The molecule has 0 radical (unpaired) electrons. The third kappa shape index (κ3) is 4.75. The average molecular weight is 425 g/mol. The van der Waals surface area contributed by atoms with Crippen LogP contribution in [0.1, 0.15) is 28.3 Å². The number of para-hydroxylation sites is 1. The Morgan fingerprint density at radius 3 is 2.16 bits per heavy atom. The van der Waals surface area contributed by atoms with Crippen molar-refractivity contribution in [2.75, 3.05) is 6.54 Å². The number of aryl methyl sites for hydroxylation is 1. The monoisotopic (exact) mass is 424 g/mol. The number of aromatic nitrogens is 1. The average Bonchev–Trinajstić information content (AvgIpc) is 3.14. The number of H-pyrrole nitrogens is 1. The van der Waals surface area contributed by atoms with E-state index >= 15 is 0 Å². The summed E-state index contributed by atoms with van der Waals surface area (Å²) in [6, 6.07) is 26.9. The van der Waals surface area contributed by atoms with E-state index in [4.69, 9.17) is 0 Å². The van der Waals surface area contributed by atoms with Gasteiger partial charge in [-0.3, -0.25) is 9.59 Å². The van der Waals surface area contributed by atoms with Crippen LogP contribution in [0.5, 0.6) is 0 Å². The number of hydrogen-bond donors (Lipinski definition) is 3. The van der Waals surface area contributed by atoms with Gasteiger partial charge in [0.2, 0.25) is 5.91 Å². The van der Waals surface area contributed by atoms with E-state index < -0.39 is 11.8 Å². The summed E-state index contributed by atoms with van der Waals surface area (Å²) in [5.74, 6) is -1.14. The molecule has 2 amide bonds. The molecule has 3 aromatic carbocycles. The van der Waals surface area contributed by atoms with Crippen LogP contribution < -0.4 is 10.7 Å². The molecule has 0 unspecified atom stereocenters. The number of amides is 2. The molecule has 0 saturated carbocycles. The van der Waals surface area contributed by atoms with Gasteiger partial charge in [-0.1, -0.05) is 78.9 Å². The van der Waals surface area contributed by atoms with Crippen molar-refractivity contribution in [3.8, 4) is 0 Å². The first-order valence-electron chi connectivity index (χ1n) is 10.4. The Hall–Kier alpha value is -4.19. The summed E-state index contributed by atoms with van der Waals surface area (Å²) in [6.07, 6.45) is 1.62. The topological polar surface area (TPSA) is 86.3 Å². The van der Waals surface area contributed by atoms with Gasteiger partial charge in [0.05, 0.1) is 18.7 Å². The van der Waals surface area contributed by atoms with Crippen molar-refractivity contribution in [1.82, 2.24) is 15.7 Å². The third-order valence-electron chi connectivity index (χ3n) is 5.28. The smallest absolute Gasteiger partial charge is 0.259 e. The highest BCUT2D eigenvalue weighted by Crippen LogP contribution is 2.24. The van der Waals surface area contributed by atoms with Crippen molar-refractivity contribution in [3.05, 3.63) is 107 Å². The van der Waals surface area contributed by atoms with Crippen LogP contribution in [0, 0.1) is 6.92 Å². The van der Waals surface area contributed by atoms with Crippen molar-refractivity contribution >= 4 is 28.9 Å². The molecule has 4 rings (SSSR count). The summed E-state index contributed by atoms with van der Waals surface area (Å²) in [5, 5.41) is 7.83. The predicted octanol–water partition coefficient (Wildman–Crippen LogP) is 3.87. The van der Waals surface area contributed by atoms with Crippen LogP contribution in [0.4, 0.5) is 0 Å². The lowest BCUT2D eigenvalue weighted by molar-refractivity contribution is -0.126. The van der Waals surface area contributed by atoms with Crippen LogP contribution in [-0.4, -0.2) is 29.6 Å². The standard InChI is InChI=1S/C26H24N4O2/c1-18-22(21-14-8-9-15-23(21)29-18)16-28-30-24(31)17-27-26(32)25(19-10-4-2-5-11-19)20-12-6-3-7-13-20/h2-16,25,29H,17H2,1H3,(H,27,32)(H,30,31)/b28-16+. The fraction of sp³-hybridized carbons (Fsp3) is 0.115. The number of hydrogen-bond acceptors (Lipinski definition) is 3. The number of rotatable bonds is 7. The number of carbonyl (C=O) groups excluding carboxylic acids is 2. The van der Waals surface area contributed by atoms with E-state index in [2.05, 4.69) is 20.8 Å². The van der Waals surface area contributed by atoms with Crippen LogP contribution in [0.2, 0.25) is 0 Å². The summed E-state index contributed by atoms with van der Waals surface area (Å²) in [7, 11) is 0. The Labute approximate surface area is 186 Å². The van der Waals surface area contributed by atoms with Crippen LogP contribution in [-0.2, 0) is 9.59 Å². The SMILES string of the molecule is Cc1[nH]c2ccccc2c1/C=N/NC(=O)CNC(=O)C(c1ccccc1)c1ccccc1. The first-order valence-corrected chi connectivity index (χ1v) is 10.4. The second-order valence-corrected chi connectivity index (χ2v) is 7.47. The molecule has 32 heavy (non-hydrogen) atoms. The summed E-state index contributed by atoms with van der Waals surface area (Å²) >= 11 is 0. The van der Waals surface area contributed by atoms with Crippen LogP contribution >= 0.6 is 0 Å². The lowest BCUT2D eigenvalue weighted by atomic mass is 9.90. The summed E-state index contributed by atoms with van der Waals surface area (Å²) in [5.41, 5.74) is 7.11. The minimum atomic E-state index is -0.498. The summed E-state index contributed by atoms with van der Waals surface area (Å²) < 4.78 is 0. The summed E-state index contributed by atoms with van der Waals surface area (Å²) in [6.45, 7) is 1.79. The van der Waals surface area contributed by atoms with Gasteiger partial charge in [-0.2, -0.15) is 5.10 Å². The Kier molecular flexibility index (Phi) is 6.41. The van der Waals surface area contributed by atoms with E-state index in [1.54, 1.807) is 6.21 Å². The molecule has 1 heterocycles. The number of nitrogens with zero attached hydrogens (tertiary/aromatic N) is 1. The Bertz CT molecular complexity index is 1210. The van der Waals surface area contributed by atoms with Crippen molar-refractivity contribution in [1.29, 1.82) is 0 Å².